The Labute approximate surface area is 184 Å². The van der Waals surface area contributed by atoms with Crippen LogP contribution in [-0.4, -0.2) is 33.3 Å². The van der Waals surface area contributed by atoms with Crippen molar-refractivity contribution in [3.8, 4) is 0 Å². The molecule has 1 unspecified atom stereocenters. The molecule has 1 aromatic heterocycles. The molecular formula is C24H22N4O2S. The number of Topliss-reactive ketones (excluding diaryl/α,β-unsaturated/α-hetero) is 1. The molecule has 31 heavy (non-hydrogen) atoms. The van der Waals surface area contributed by atoms with Gasteiger partial charge in [-0.25, -0.2) is 0 Å². The Morgan fingerprint density at radius 1 is 1.13 bits per heavy atom. The van der Waals surface area contributed by atoms with Gasteiger partial charge in [0.1, 0.15) is 0 Å². The average Bonchev–Trinajstić information content (AvgIpc) is 3.36. The number of para-hydroxylation sites is 1. The van der Waals surface area contributed by atoms with Crippen LogP contribution in [0.4, 0.5) is 0 Å². The molecule has 5 rings (SSSR count). The number of nitrogens with zero attached hydrogens (tertiary/aromatic N) is 2. The molecule has 1 saturated heterocycles. The minimum absolute atomic E-state index is 0.00966. The summed E-state index contributed by atoms with van der Waals surface area (Å²) < 4.78 is 0. The molecule has 0 radical (unpaired) electrons. The molecule has 7 heteroatoms. The van der Waals surface area contributed by atoms with E-state index in [1.165, 1.54) is 35.7 Å². The number of benzene rings is 2. The van der Waals surface area contributed by atoms with Crippen LogP contribution >= 0.6 is 11.8 Å². The molecule has 156 valence electrons. The van der Waals surface area contributed by atoms with Crippen LogP contribution in [0.25, 0.3) is 10.9 Å². The number of amidine groups is 1. The van der Waals surface area contributed by atoms with Crippen LogP contribution in [0.15, 0.2) is 58.9 Å². The van der Waals surface area contributed by atoms with E-state index >= 15 is 0 Å². The second-order valence-electron chi connectivity index (χ2n) is 7.85. The summed E-state index contributed by atoms with van der Waals surface area (Å²) in [6.07, 6.45) is 8.18. The van der Waals surface area contributed by atoms with Crippen LogP contribution in [-0.2, 0) is 17.6 Å². The van der Waals surface area contributed by atoms with Crippen molar-refractivity contribution >= 4 is 45.7 Å². The molecule has 0 bridgehead atoms. The van der Waals surface area contributed by atoms with Gasteiger partial charge in [0.25, 0.3) is 0 Å². The average molecular weight is 431 g/mol. The lowest BCUT2D eigenvalue weighted by atomic mass is 9.89. The smallest absolute Gasteiger partial charge is 0.240 e. The lowest BCUT2D eigenvalue weighted by Crippen LogP contribution is -2.26. The summed E-state index contributed by atoms with van der Waals surface area (Å²) in [7, 11) is 0. The highest BCUT2D eigenvalue weighted by Gasteiger charge is 2.32. The minimum Gasteiger partial charge on any atom is -0.361 e. The van der Waals surface area contributed by atoms with Gasteiger partial charge in [0.15, 0.2) is 11.0 Å². The van der Waals surface area contributed by atoms with E-state index in [1.807, 2.05) is 42.6 Å². The van der Waals surface area contributed by atoms with Gasteiger partial charge in [0, 0.05) is 34.6 Å². The lowest BCUT2D eigenvalue weighted by molar-refractivity contribution is -0.118. The summed E-state index contributed by atoms with van der Waals surface area (Å²) in [5.74, 6) is -0.207. The topological polar surface area (TPSA) is 86.7 Å². The molecule has 1 fully saturated rings. The summed E-state index contributed by atoms with van der Waals surface area (Å²) in [6.45, 7) is 0. The highest BCUT2D eigenvalue weighted by molar-refractivity contribution is 8.15. The number of fused-ring (bicyclic) bond motifs is 2. The molecule has 1 amide bonds. The monoisotopic (exact) mass is 430 g/mol. The largest absolute Gasteiger partial charge is 0.361 e. The van der Waals surface area contributed by atoms with E-state index in [0.29, 0.717) is 10.7 Å². The number of aromatic nitrogens is 1. The number of carbonyl (C=O) groups excluding carboxylic acids is 2. The van der Waals surface area contributed by atoms with Crippen molar-refractivity contribution in [2.45, 2.75) is 37.4 Å². The number of thioether (sulfide) groups is 1. The fraction of sp³-hybridized carbons (Fsp3) is 0.250. The summed E-state index contributed by atoms with van der Waals surface area (Å²) in [6, 6.07) is 13.9. The molecule has 0 saturated carbocycles. The number of ketones is 1. The minimum atomic E-state index is -0.481. The summed E-state index contributed by atoms with van der Waals surface area (Å²) in [5.41, 5.74) is 5.26. The second-order valence-corrected chi connectivity index (χ2v) is 9.04. The van der Waals surface area contributed by atoms with Gasteiger partial charge in [-0.3, -0.25) is 9.59 Å². The van der Waals surface area contributed by atoms with Gasteiger partial charge in [0.05, 0.1) is 11.5 Å². The highest BCUT2D eigenvalue weighted by atomic mass is 32.2. The van der Waals surface area contributed by atoms with Crippen LogP contribution in [0, 0.1) is 0 Å². The van der Waals surface area contributed by atoms with Gasteiger partial charge in [-0.05, 0) is 48.9 Å². The van der Waals surface area contributed by atoms with Crippen molar-refractivity contribution in [2.75, 3.05) is 0 Å². The number of carbonyl (C=O) groups is 2. The zero-order chi connectivity index (χ0) is 21.2. The lowest BCUT2D eigenvalue weighted by Gasteiger charge is -2.16. The Morgan fingerprint density at radius 2 is 1.97 bits per heavy atom. The van der Waals surface area contributed by atoms with Gasteiger partial charge in [0.2, 0.25) is 5.91 Å². The molecular weight excluding hydrogens is 408 g/mol. The van der Waals surface area contributed by atoms with E-state index in [9.17, 15) is 9.59 Å². The Kier molecular flexibility index (Phi) is 5.42. The fourth-order valence-corrected chi connectivity index (χ4v) is 5.05. The predicted octanol–water partition coefficient (Wildman–Crippen LogP) is 4.24. The van der Waals surface area contributed by atoms with Crippen LogP contribution in [0.3, 0.4) is 0 Å². The molecule has 1 aliphatic carbocycles. The fourth-order valence-electron chi connectivity index (χ4n) is 4.12. The van der Waals surface area contributed by atoms with Crippen LogP contribution in [0.2, 0.25) is 0 Å². The maximum Gasteiger partial charge on any atom is 0.240 e. The van der Waals surface area contributed by atoms with E-state index in [0.717, 1.165) is 29.3 Å². The third-order valence-electron chi connectivity index (χ3n) is 5.78. The van der Waals surface area contributed by atoms with Crippen LogP contribution in [0.5, 0.6) is 0 Å². The number of aromatic amines is 1. The molecule has 3 aromatic rings. The second kappa shape index (κ2) is 8.51. The van der Waals surface area contributed by atoms with Gasteiger partial charge >= 0.3 is 0 Å². The summed E-state index contributed by atoms with van der Waals surface area (Å²) in [5, 5.41) is 12.0. The third-order valence-corrected chi connectivity index (χ3v) is 6.86. The number of H-pyrrole nitrogens is 1. The molecule has 1 aliphatic heterocycles. The number of nitrogens with one attached hydrogen (secondary N) is 2. The first-order valence-corrected chi connectivity index (χ1v) is 11.3. The summed E-state index contributed by atoms with van der Waals surface area (Å²) in [4.78, 5) is 28.3. The first-order chi connectivity index (χ1) is 15.2. The normalized spacial score (nSPS) is 19.8. The predicted molar refractivity (Wildman–Crippen MR) is 125 cm³/mol. The van der Waals surface area contributed by atoms with E-state index in [1.54, 1.807) is 6.21 Å². The van der Waals surface area contributed by atoms with Crippen molar-refractivity contribution in [1.82, 2.24) is 10.3 Å². The number of rotatable bonds is 5. The van der Waals surface area contributed by atoms with E-state index in [-0.39, 0.29) is 18.1 Å². The quantitative estimate of drug-likeness (QED) is 0.361. The number of hydrogen-bond acceptors (Lipinski definition) is 5. The Bertz CT molecular complexity index is 1230. The van der Waals surface area contributed by atoms with Gasteiger partial charge in [-0.1, -0.05) is 42.1 Å². The Hall–Kier alpha value is -3.19. The van der Waals surface area contributed by atoms with Crippen molar-refractivity contribution in [3.63, 3.8) is 0 Å². The SMILES string of the molecule is O=C(CC1S/C(=N/N=C/c2c[nH]c3ccccc23)NC1=O)c1ccc2c(c1)CCCC2. The number of amides is 1. The standard InChI is InChI=1S/C24H22N4O2S/c29-21(17-10-9-15-5-1-2-6-16(15)11-17)12-22-23(30)27-24(31-22)28-26-14-18-13-25-20-8-4-3-7-19(18)20/h3-4,7-11,13-14,22,25H,1-2,5-6,12H2,(H,27,28,30)/b26-14+. The van der Waals surface area contributed by atoms with Crippen molar-refractivity contribution < 1.29 is 9.59 Å². The van der Waals surface area contributed by atoms with Crippen molar-refractivity contribution in [3.05, 3.63) is 70.9 Å². The van der Waals surface area contributed by atoms with Crippen LogP contribution < -0.4 is 5.32 Å². The van der Waals surface area contributed by atoms with Crippen molar-refractivity contribution in [1.29, 1.82) is 0 Å². The number of aryl methyl sites for hydroxylation is 2. The third kappa shape index (κ3) is 4.18. The molecule has 6 nitrogen and oxygen atoms in total. The van der Waals surface area contributed by atoms with Crippen molar-refractivity contribution in [2.24, 2.45) is 10.2 Å². The van der Waals surface area contributed by atoms with E-state index < -0.39 is 5.25 Å². The van der Waals surface area contributed by atoms with Gasteiger partial charge in [-0.2, -0.15) is 5.10 Å². The first kappa shape index (κ1) is 19.8. The molecule has 2 heterocycles. The molecule has 0 spiro atoms. The zero-order valence-electron chi connectivity index (χ0n) is 16.9. The highest BCUT2D eigenvalue weighted by Crippen LogP contribution is 2.26. The zero-order valence-corrected chi connectivity index (χ0v) is 17.7. The van der Waals surface area contributed by atoms with Crippen LogP contribution in [0.1, 0.15) is 46.3 Å². The molecule has 1 atom stereocenters. The first-order valence-electron chi connectivity index (χ1n) is 10.5. The Morgan fingerprint density at radius 3 is 2.87 bits per heavy atom. The van der Waals surface area contributed by atoms with E-state index in [4.69, 9.17) is 0 Å². The van der Waals surface area contributed by atoms with Gasteiger partial charge < -0.3 is 10.3 Å². The molecule has 2 aromatic carbocycles. The van der Waals surface area contributed by atoms with E-state index in [2.05, 4.69) is 26.6 Å². The Balaban J connectivity index is 1.24. The van der Waals surface area contributed by atoms with Gasteiger partial charge in [-0.15, -0.1) is 5.10 Å². The summed E-state index contributed by atoms with van der Waals surface area (Å²) >= 11 is 1.26. The molecule has 2 aliphatic rings. The molecule has 2 N–H and O–H groups in total. The maximum atomic E-state index is 12.8. The maximum absolute atomic E-state index is 12.8. The number of hydrogen-bond donors (Lipinski definition) is 2.